The maximum atomic E-state index is 13.6. The van der Waals surface area contributed by atoms with Crippen molar-refractivity contribution in [3.8, 4) is 11.6 Å². The number of nitrogens with two attached hydrogens (primary N) is 1. The van der Waals surface area contributed by atoms with Crippen molar-refractivity contribution in [2.45, 2.75) is 0 Å². The normalized spacial score (nSPS) is 10.3. The lowest BCUT2D eigenvalue weighted by Gasteiger charge is -2.08. The number of nitrogens with zero attached hydrogens (tertiary/aromatic N) is 3. The van der Waals surface area contributed by atoms with E-state index in [0.29, 0.717) is 12.1 Å². The predicted octanol–water partition coefficient (Wildman–Crippen LogP) is 2.69. The molecule has 0 saturated heterocycles. The smallest absolute Gasteiger partial charge is 0.307 e. The summed E-state index contributed by atoms with van der Waals surface area (Å²) in [6.45, 7) is 0. The Bertz CT molecular complexity index is 698. The molecule has 104 valence electrons. The molecule has 7 nitrogen and oxygen atoms in total. The van der Waals surface area contributed by atoms with E-state index < -0.39 is 28.0 Å². The lowest BCUT2D eigenvalue weighted by Crippen LogP contribution is -1.99. The summed E-state index contributed by atoms with van der Waals surface area (Å²) in [4.78, 5) is 16.5. The number of anilines is 1. The third-order valence-corrected chi connectivity index (χ3v) is 2.54. The summed E-state index contributed by atoms with van der Waals surface area (Å²) in [7, 11) is 0. The molecule has 2 rings (SSSR count). The van der Waals surface area contributed by atoms with Crippen LogP contribution in [-0.4, -0.2) is 14.9 Å². The molecule has 0 fully saturated rings. The van der Waals surface area contributed by atoms with E-state index in [2.05, 4.69) is 9.97 Å². The van der Waals surface area contributed by atoms with Crippen molar-refractivity contribution in [3.05, 3.63) is 45.2 Å². The van der Waals surface area contributed by atoms with Gasteiger partial charge in [0.2, 0.25) is 11.7 Å². The number of halogens is 3. The fourth-order valence-electron chi connectivity index (χ4n) is 1.28. The second-order valence-electron chi connectivity index (χ2n) is 3.47. The molecule has 0 unspecified atom stereocenters. The van der Waals surface area contributed by atoms with Gasteiger partial charge in [-0.15, -0.1) is 0 Å². The molecule has 0 aliphatic rings. The number of rotatable bonds is 3. The van der Waals surface area contributed by atoms with Crippen LogP contribution < -0.4 is 10.5 Å². The fraction of sp³-hybridized carbons (Fsp3) is 0. The van der Waals surface area contributed by atoms with Crippen LogP contribution >= 0.6 is 11.6 Å². The highest BCUT2D eigenvalue weighted by Crippen LogP contribution is 2.33. The van der Waals surface area contributed by atoms with Gasteiger partial charge in [0.05, 0.1) is 11.0 Å². The molecule has 0 saturated carbocycles. The molecule has 0 aliphatic carbocycles. The second kappa shape index (κ2) is 5.21. The predicted molar refractivity (Wildman–Crippen MR) is 64.5 cm³/mol. The Labute approximate surface area is 115 Å². The van der Waals surface area contributed by atoms with Gasteiger partial charge in [-0.1, -0.05) is 11.6 Å². The van der Waals surface area contributed by atoms with Gasteiger partial charge in [-0.3, -0.25) is 10.1 Å². The van der Waals surface area contributed by atoms with Crippen molar-refractivity contribution in [1.29, 1.82) is 0 Å². The van der Waals surface area contributed by atoms with Crippen LogP contribution in [0.1, 0.15) is 0 Å². The third kappa shape index (κ3) is 2.57. The number of aromatic nitrogens is 2. The Kier molecular flexibility index (Phi) is 3.61. The van der Waals surface area contributed by atoms with Crippen molar-refractivity contribution in [3.63, 3.8) is 0 Å². The monoisotopic (exact) mass is 302 g/mol. The van der Waals surface area contributed by atoms with Gasteiger partial charge in [-0.2, -0.15) is 9.37 Å². The van der Waals surface area contributed by atoms with Crippen LogP contribution in [0.2, 0.25) is 5.02 Å². The number of benzene rings is 1. The molecule has 10 heteroatoms. The summed E-state index contributed by atoms with van der Waals surface area (Å²) in [6, 6.07) is 0.908. The van der Waals surface area contributed by atoms with E-state index >= 15 is 0 Å². The topological polar surface area (TPSA) is 104 Å². The summed E-state index contributed by atoms with van der Waals surface area (Å²) in [5.74, 6) is -3.44. The van der Waals surface area contributed by atoms with Crippen LogP contribution in [0.5, 0.6) is 11.6 Å². The van der Waals surface area contributed by atoms with Gasteiger partial charge in [-0.25, -0.2) is 9.37 Å². The zero-order valence-electron chi connectivity index (χ0n) is 9.51. The maximum absolute atomic E-state index is 13.6. The lowest BCUT2D eigenvalue weighted by molar-refractivity contribution is -0.387. The molecule has 0 radical (unpaired) electrons. The van der Waals surface area contributed by atoms with E-state index in [0.717, 1.165) is 6.33 Å². The molecule has 1 aromatic carbocycles. The molecule has 2 aromatic rings. The van der Waals surface area contributed by atoms with E-state index in [9.17, 15) is 18.9 Å². The zero-order valence-corrected chi connectivity index (χ0v) is 10.3. The zero-order chi connectivity index (χ0) is 14.9. The van der Waals surface area contributed by atoms with Crippen LogP contribution in [0.25, 0.3) is 0 Å². The van der Waals surface area contributed by atoms with Crippen LogP contribution in [0, 0.1) is 21.7 Å². The van der Waals surface area contributed by atoms with Crippen molar-refractivity contribution in [2.24, 2.45) is 0 Å². The quantitative estimate of drug-likeness (QED) is 0.690. The minimum absolute atomic E-state index is 0.112. The summed E-state index contributed by atoms with van der Waals surface area (Å²) < 4.78 is 31.9. The van der Waals surface area contributed by atoms with E-state index in [1.165, 1.54) is 0 Å². The van der Waals surface area contributed by atoms with Crippen molar-refractivity contribution in [2.75, 3.05) is 5.73 Å². The molecule has 1 aromatic heterocycles. The third-order valence-electron chi connectivity index (χ3n) is 2.19. The van der Waals surface area contributed by atoms with Gasteiger partial charge in [0.1, 0.15) is 17.2 Å². The number of nitrogen functional groups attached to an aromatic ring is 1. The lowest BCUT2D eigenvalue weighted by atomic mass is 10.3. The SMILES string of the molecule is Nc1ncnc(Oc2cc(F)c([N+](=O)[O-])cc2F)c1Cl. The van der Waals surface area contributed by atoms with Crippen LogP contribution in [0.3, 0.4) is 0 Å². The first kappa shape index (κ1) is 13.9. The van der Waals surface area contributed by atoms with E-state index in [1.807, 2.05) is 0 Å². The minimum atomic E-state index is -1.26. The highest BCUT2D eigenvalue weighted by Gasteiger charge is 2.21. The molecule has 0 spiro atoms. The van der Waals surface area contributed by atoms with Gasteiger partial charge in [0.25, 0.3) is 0 Å². The number of ether oxygens (including phenoxy) is 1. The molecule has 1 heterocycles. The molecule has 20 heavy (non-hydrogen) atoms. The van der Waals surface area contributed by atoms with E-state index in [4.69, 9.17) is 22.1 Å². The summed E-state index contributed by atoms with van der Waals surface area (Å²) in [5.41, 5.74) is 4.37. The first-order chi connectivity index (χ1) is 9.40. The number of nitro benzene ring substituents is 1. The molecular weight excluding hydrogens is 298 g/mol. The molecular formula is C10H5ClF2N4O3. The molecule has 2 N–H and O–H groups in total. The summed E-state index contributed by atoms with van der Waals surface area (Å²) >= 11 is 5.72. The Morgan fingerprint density at radius 2 is 2.00 bits per heavy atom. The Balaban J connectivity index is 2.42. The highest BCUT2D eigenvalue weighted by atomic mass is 35.5. The number of hydrogen-bond donors (Lipinski definition) is 1. The van der Waals surface area contributed by atoms with Crippen LogP contribution in [0.4, 0.5) is 20.3 Å². The van der Waals surface area contributed by atoms with Gasteiger partial charge >= 0.3 is 5.69 Å². The van der Waals surface area contributed by atoms with E-state index in [-0.39, 0.29) is 16.7 Å². The van der Waals surface area contributed by atoms with Crippen LogP contribution in [0.15, 0.2) is 18.5 Å². The Morgan fingerprint density at radius 3 is 2.65 bits per heavy atom. The number of hydrogen-bond acceptors (Lipinski definition) is 6. The van der Waals surface area contributed by atoms with Crippen molar-refractivity contribution < 1.29 is 18.4 Å². The molecule has 0 amide bonds. The summed E-state index contributed by atoms with van der Waals surface area (Å²) in [5, 5.41) is 10.3. The second-order valence-corrected chi connectivity index (χ2v) is 3.85. The highest BCUT2D eigenvalue weighted by molar-refractivity contribution is 6.34. The Morgan fingerprint density at radius 1 is 1.30 bits per heavy atom. The molecule has 0 aliphatic heterocycles. The minimum Gasteiger partial charge on any atom is -0.434 e. The van der Waals surface area contributed by atoms with Crippen molar-refractivity contribution in [1.82, 2.24) is 9.97 Å². The average molecular weight is 303 g/mol. The largest absolute Gasteiger partial charge is 0.434 e. The summed E-state index contributed by atoms with van der Waals surface area (Å²) in [6.07, 6.45) is 1.01. The first-order valence-corrected chi connectivity index (χ1v) is 5.35. The first-order valence-electron chi connectivity index (χ1n) is 4.97. The Hall–Kier alpha value is -2.55. The van der Waals surface area contributed by atoms with Crippen LogP contribution in [-0.2, 0) is 0 Å². The van der Waals surface area contributed by atoms with Gasteiger partial charge in [0, 0.05) is 6.07 Å². The average Bonchev–Trinajstić information content (AvgIpc) is 2.38. The fourth-order valence-corrected chi connectivity index (χ4v) is 1.41. The standard InChI is InChI=1S/C10H5ClF2N4O3/c11-8-9(14)15-3-16-10(8)20-7-2-4(12)6(17(18)19)1-5(7)13/h1-3H,(H2,14,15,16). The molecule has 0 bridgehead atoms. The van der Waals surface area contributed by atoms with Gasteiger partial charge < -0.3 is 10.5 Å². The van der Waals surface area contributed by atoms with Gasteiger partial charge in [-0.05, 0) is 0 Å². The van der Waals surface area contributed by atoms with E-state index in [1.54, 1.807) is 0 Å². The maximum Gasteiger partial charge on any atom is 0.307 e. The number of nitro groups is 1. The van der Waals surface area contributed by atoms with Gasteiger partial charge in [0.15, 0.2) is 11.6 Å². The van der Waals surface area contributed by atoms with Crippen molar-refractivity contribution >= 4 is 23.1 Å². The molecule has 0 atom stereocenters.